The van der Waals surface area contributed by atoms with Gasteiger partial charge in [-0.05, 0) is 93.0 Å². The Morgan fingerprint density at radius 1 is 0.750 bits per heavy atom. The van der Waals surface area contributed by atoms with Gasteiger partial charge in [0.2, 0.25) is 23.6 Å². The van der Waals surface area contributed by atoms with Gasteiger partial charge in [0, 0.05) is 44.8 Å². The quantitative estimate of drug-likeness (QED) is 0.146. The van der Waals surface area contributed by atoms with Crippen molar-refractivity contribution in [3.63, 3.8) is 0 Å². The second-order valence-corrected chi connectivity index (χ2v) is 15.4. The van der Waals surface area contributed by atoms with E-state index in [9.17, 15) is 24.0 Å². The Morgan fingerprint density at radius 2 is 1.38 bits per heavy atom. The molecule has 0 aromatic heterocycles. The highest BCUT2D eigenvalue weighted by Gasteiger charge is 2.38. The summed E-state index contributed by atoms with van der Waals surface area (Å²) < 4.78 is 0. The molecule has 2 N–H and O–H groups in total. The number of amides is 4. The van der Waals surface area contributed by atoms with E-state index >= 15 is 0 Å². The molecule has 3 aromatic carbocycles. The number of halogens is 1. The van der Waals surface area contributed by atoms with Crippen molar-refractivity contribution in [2.24, 2.45) is 5.92 Å². The fourth-order valence-electron chi connectivity index (χ4n) is 8.08. The number of carbonyl (C=O) groups excluding carboxylic acids is 5. The van der Waals surface area contributed by atoms with E-state index in [4.69, 9.17) is 11.6 Å². The third-order valence-electron chi connectivity index (χ3n) is 11.2. The fraction of sp³-hybridized carbons (Fsp3) is 0.457. The van der Waals surface area contributed by atoms with Crippen LogP contribution in [0.25, 0.3) is 5.57 Å². The van der Waals surface area contributed by atoms with E-state index in [1.807, 2.05) is 110 Å². The van der Waals surface area contributed by atoms with Crippen LogP contribution >= 0.6 is 11.6 Å². The standard InChI is InChI=1S/C46H57ClN4O5/c1-3-36(38-22-12-11-17-33(38)2)31-39(42(52)25-24-37(29-34-18-7-4-8-19-34)45(55)50-26-14-6-15-27-50)49-44(54)41-23-13-16-28-51(41)46(56)40(48-43(53)32-47)30-35-20-9-5-10-21-35/h3-5,7-12,17-22,37,39-41H,6,13-16,23-32H2,1-2H3,(H,48,53)(H,49,54)/b36-3-/t37-,39?,40-,41-/m0/s1. The fourth-order valence-corrected chi connectivity index (χ4v) is 8.15. The predicted octanol–water partition coefficient (Wildman–Crippen LogP) is 6.84. The first-order valence-corrected chi connectivity index (χ1v) is 20.8. The molecule has 2 aliphatic rings. The molecule has 2 saturated heterocycles. The van der Waals surface area contributed by atoms with Crippen LogP contribution in [0.3, 0.4) is 0 Å². The first kappa shape index (κ1) is 42.4. The average molecular weight is 781 g/mol. The lowest BCUT2D eigenvalue weighted by Gasteiger charge is -2.37. The number of ketones is 1. The molecule has 0 radical (unpaired) electrons. The second-order valence-electron chi connectivity index (χ2n) is 15.2. The summed E-state index contributed by atoms with van der Waals surface area (Å²) in [7, 11) is 0. The molecule has 4 amide bonds. The summed E-state index contributed by atoms with van der Waals surface area (Å²) in [6, 6.07) is 24.7. The molecule has 0 aliphatic carbocycles. The summed E-state index contributed by atoms with van der Waals surface area (Å²) in [4.78, 5) is 73.0. The number of nitrogens with zero attached hydrogens (tertiary/aromatic N) is 2. The van der Waals surface area contributed by atoms with Gasteiger partial charge in [0.25, 0.3) is 0 Å². The molecule has 0 bridgehead atoms. The topological polar surface area (TPSA) is 116 Å². The number of hydrogen-bond acceptors (Lipinski definition) is 5. The molecule has 2 aliphatic heterocycles. The van der Waals surface area contributed by atoms with Gasteiger partial charge in [0.15, 0.2) is 5.78 Å². The molecule has 56 heavy (non-hydrogen) atoms. The van der Waals surface area contributed by atoms with Gasteiger partial charge in [-0.3, -0.25) is 24.0 Å². The van der Waals surface area contributed by atoms with E-state index in [-0.39, 0.29) is 48.7 Å². The number of benzene rings is 3. The van der Waals surface area contributed by atoms with Crippen molar-refractivity contribution in [1.29, 1.82) is 0 Å². The summed E-state index contributed by atoms with van der Waals surface area (Å²) in [6.45, 7) is 5.77. The van der Waals surface area contributed by atoms with E-state index in [0.717, 1.165) is 66.6 Å². The minimum absolute atomic E-state index is 0.0821. The van der Waals surface area contributed by atoms with Crippen LogP contribution in [-0.2, 0) is 36.8 Å². The number of piperidine rings is 2. The molecule has 10 heteroatoms. The number of alkyl halides is 1. The molecule has 4 atom stereocenters. The predicted molar refractivity (Wildman–Crippen MR) is 222 cm³/mol. The van der Waals surface area contributed by atoms with Crippen molar-refractivity contribution in [1.82, 2.24) is 20.4 Å². The molecular formula is C46H57ClN4O5. The van der Waals surface area contributed by atoms with Gasteiger partial charge in [-0.1, -0.05) is 91.0 Å². The molecule has 3 aromatic rings. The number of likely N-dealkylation sites (tertiary alicyclic amines) is 2. The largest absolute Gasteiger partial charge is 0.344 e. The van der Waals surface area contributed by atoms with Crippen molar-refractivity contribution in [2.45, 2.75) is 103 Å². The lowest BCUT2D eigenvalue weighted by atomic mass is 9.88. The number of aryl methyl sites for hydroxylation is 1. The maximum Gasteiger partial charge on any atom is 0.246 e. The highest BCUT2D eigenvalue weighted by molar-refractivity contribution is 6.27. The molecule has 2 fully saturated rings. The molecule has 0 saturated carbocycles. The Kier molecular flexibility index (Phi) is 16.3. The summed E-state index contributed by atoms with van der Waals surface area (Å²) >= 11 is 5.85. The van der Waals surface area contributed by atoms with Crippen LogP contribution in [0.2, 0.25) is 0 Å². The molecule has 9 nitrogen and oxygen atoms in total. The van der Waals surface area contributed by atoms with Gasteiger partial charge in [0.1, 0.15) is 18.0 Å². The van der Waals surface area contributed by atoms with Crippen LogP contribution in [0.4, 0.5) is 0 Å². The normalized spacial score (nSPS) is 17.7. The Hall–Kier alpha value is -4.76. The van der Waals surface area contributed by atoms with Gasteiger partial charge < -0.3 is 20.4 Å². The van der Waals surface area contributed by atoms with Crippen molar-refractivity contribution < 1.29 is 24.0 Å². The summed E-state index contributed by atoms with van der Waals surface area (Å²) in [6.07, 6.45) is 8.45. The van der Waals surface area contributed by atoms with Crippen LogP contribution in [0.1, 0.15) is 87.0 Å². The third kappa shape index (κ3) is 11.9. The first-order chi connectivity index (χ1) is 27.2. The first-order valence-electron chi connectivity index (χ1n) is 20.2. The lowest BCUT2D eigenvalue weighted by Crippen LogP contribution is -2.59. The molecule has 1 unspecified atom stereocenters. The van der Waals surface area contributed by atoms with E-state index in [1.165, 1.54) is 0 Å². The molecule has 5 rings (SSSR count). The number of nitrogens with one attached hydrogen (secondary N) is 2. The zero-order valence-corrected chi connectivity index (χ0v) is 33.6. The smallest absolute Gasteiger partial charge is 0.246 e. The lowest BCUT2D eigenvalue weighted by molar-refractivity contribution is -0.145. The van der Waals surface area contributed by atoms with Crippen molar-refractivity contribution in [3.8, 4) is 0 Å². The van der Waals surface area contributed by atoms with Crippen LogP contribution < -0.4 is 10.6 Å². The highest BCUT2D eigenvalue weighted by atomic mass is 35.5. The minimum Gasteiger partial charge on any atom is -0.344 e. The highest BCUT2D eigenvalue weighted by Crippen LogP contribution is 2.27. The molecule has 2 heterocycles. The van der Waals surface area contributed by atoms with Gasteiger partial charge >= 0.3 is 0 Å². The summed E-state index contributed by atoms with van der Waals surface area (Å²) in [5.41, 5.74) is 4.89. The number of rotatable bonds is 17. The molecule has 0 spiro atoms. The van der Waals surface area contributed by atoms with Gasteiger partial charge in [0.05, 0.1) is 6.04 Å². The van der Waals surface area contributed by atoms with Crippen LogP contribution in [0.15, 0.2) is 91.0 Å². The maximum absolute atomic E-state index is 14.5. The van der Waals surface area contributed by atoms with E-state index in [1.54, 1.807) is 4.90 Å². The third-order valence-corrected chi connectivity index (χ3v) is 11.4. The van der Waals surface area contributed by atoms with Crippen molar-refractivity contribution in [3.05, 3.63) is 113 Å². The molecular weight excluding hydrogens is 724 g/mol. The van der Waals surface area contributed by atoms with E-state index < -0.39 is 29.9 Å². The SMILES string of the molecule is C/C=C(/CC(NC(=O)[C@@H]1CCCCN1C(=O)[C@H](Cc1ccccc1)NC(=O)CCl)C(=O)CC[C@@H](Cc1ccccc1)C(=O)N1CCCCC1)c1ccccc1C. The van der Waals surface area contributed by atoms with Crippen LogP contribution in [0.5, 0.6) is 0 Å². The van der Waals surface area contributed by atoms with Crippen LogP contribution in [0, 0.1) is 12.8 Å². The second kappa shape index (κ2) is 21.5. The number of Topliss-reactive ketones (excluding diaryl/α,β-unsaturated/α-hetero) is 1. The number of allylic oxidation sites excluding steroid dienone is 1. The van der Waals surface area contributed by atoms with E-state index in [0.29, 0.717) is 32.2 Å². The molecule has 298 valence electrons. The maximum atomic E-state index is 14.5. The van der Waals surface area contributed by atoms with Crippen molar-refractivity contribution >= 4 is 46.6 Å². The monoisotopic (exact) mass is 780 g/mol. The van der Waals surface area contributed by atoms with Crippen molar-refractivity contribution in [2.75, 3.05) is 25.5 Å². The zero-order chi connectivity index (χ0) is 39.9. The van der Waals surface area contributed by atoms with Gasteiger partial charge in [-0.2, -0.15) is 0 Å². The zero-order valence-electron chi connectivity index (χ0n) is 32.9. The Morgan fingerprint density at radius 3 is 2.02 bits per heavy atom. The Balaban J connectivity index is 1.38. The Labute approximate surface area is 337 Å². The number of carbonyl (C=O) groups is 5. The number of hydrogen-bond donors (Lipinski definition) is 2. The average Bonchev–Trinajstić information content (AvgIpc) is 3.24. The summed E-state index contributed by atoms with van der Waals surface area (Å²) in [5.74, 6) is -1.96. The minimum atomic E-state index is -0.913. The summed E-state index contributed by atoms with van der Waals surface area (Å²) in [5, 5.41) is 5.88. The Bertz CT molecular complexity index is 1810. The van der Waals surface area contributed by atoms with Crippen LogP contribution in [-0.4, -0.2) is 82.9 Å². The van der Waals surface area contributed by atoms with E-state index in [2.05, 4.69) is 10.6 Å². The van der Waals surface area contributed by atoms with Gasteiger partial charge in [-0.15, -0.1) is 11.6 Å². The van der Waals surface area contributed by atoms with Gasteiger partial charge in [-0.25, -0.2) is 0 Å².